The zero-order chi connectivity index (χ0) is 19.7. The summed E-state index contributed by atoms with van der Waals surface area (Å²) in [5.74, 6) is -0.530. The minimum Gasteiger partial charge on any atom is -0.376 e. The lowest BCUT2D eigenvalue weighted by Gasteiger charge is -2.24. The van der Waals surface area contributed by atoms with Crippen LogP contribution in [-0.4, -0.2) is 13.0 Å². The van der Waals surface area contributed by atoms with E-state index in [9.17, 15) is 4.79 Å². The molecule has 0 radical (unpaired) electrons. The molecule has 1 aromatic carbocycles. The molecule has 0 saturated heterocycles. The first-order valence-electron chi connectivity index (χ1n) is 10.7. The average molecular weight is 374 g/mol. The Balaban J connectivity index is 2.22. The Bertz CT molecular complexity index is 512. The van der Waals surface area contributed by atoms with Crippen molar-refractivity contribution >= 4 is 5.91 Å². The highest BCUT2D eigenvalue weighted by atomic mass is 16.5. The van der Waals surface area contributed by atoms with Gasteiger partial charge in [0.1, 0.15) is 0 Å². The molecule has 0 heterocycles. The Kier molecular flexibility index (Phi) is 13.4. The van der Waals surface area contributed by atoms with Crippen LogP contribution in [0.4, 0.5) is 0 Å². The molecular formula is C24H39NO2. The SMILES string of the molecule is CCCCCCC=CCCCCCCC(C(N)=O)C(OC)c1ccccc1. The van der Waals surface area contributed by atoms with E-state index in [1.54, 1.807) is 7.11 Å². The molecule has 1 aromatic rings. The van der Waals surface area contributed by atoms with Crippen molar-refractivity contribution in [3.8, 4) is 0 Å². The summed E-state index contributed by atoms with van der Waals surface area (Å²) < 4.78 is 5.61. The monoisotopic (exact) mass is 373 g/mol. The molecule has 3 heteroatoms. The molecule has 2 unspecified atom stereocenters. The number of ether oxygens (including phenoxy) is 1. The Morgan fingerprint density at radius 2 is 1.56 bits per heavy atom. The normalized spacial score (nSPS) is 13.7. The van der Waals surface area contributed by atoms with Gasteiger partial charge in [-0.2, -0.15) is 0 Å². The van der Waals surface area contributed by atoms with Crippen molar-refractivity contribution < 1.29 is 9.53 Å². The van der Waals surface area contributed by atoms with Crippen LogP contribution in [0.1, 0.15) is 89.2 Å². The summed E-state index contributed by atoms with van der Waals surface area (Å²) in [7, 11) is 1.65. The van der Waals surface area contributed by atoms with E-state index in [0.717, 1.165) is 31.2 Å². The number of hydrogen-bond acceptors (Lipinski definition) is 2. The number of benzene rings is 1. The summed E-state index contributed by atoms with van der Waals surface area (Å²) in [6, 6.07) is 9.90. The van der Waals surface area contributed by atoms with Gasteiger partial charge in [-0.25, -0.2) is 0 Å². The lowest BCUT2D eigenvalue weighted by Crippen LogP contribution is -2.29. The Hall–Kier alpha value is -1.61. The van der Waals surface area contributed by atoms with E-state index in [2.05, 4.69) is 19.1 Å². The van der Waals surface area contributed by atoms with Crippen LogP contribution in [0, 0.1) is 5.92 Å². The highest BCUT2D eigenvalue weighted by Gasteiger charge is 2.27. The third kappa shape index (κ3) is 10.3. The van der Waals surface area contributed by atoms with Crippen molar-refractivity contribution in [1.82, 2.24) is 0 Å². The highest BCUT2D eigenvalue weighted by molar-refractivity contribution is 5.77. The molecule has 0 fully saturated rings. The number of carbonyl (C=O) groups excluding carboxylic acids is 1. The lowest BCUT2D eigenvalue weighted by atomic mass is 9.90. The van der Waals surface area contributed by atoms with Gasteiger partial charge in [0.05, 0.1) is 12.0 Å². The van der Waals surface area contributed by atoms with E-state index in [1.807, 2.05) is 30.3 Å². The second-order valence-electron chi connectivity index (χ2n) is 7.39. The lowest BCUT2D eigenvalue weighted by molar-refractivity contribution is -0.126. The summed E-state index contributed by atoms with van der Waals surface area (Å²) in [4.78, 5) is 11.9. The van der Waals surface area contributed by atoms with E-state index in [-0.39, 0.29) is 17.9 Å². The van der Waals surface area contributed by atoms with Crippen molar-refractivity contribution in [3.05, 3.63) is 48.0 Å². The molecule has 152 valence electrons. The van der Waals surface area contributed by atoms with Crippen LogP contribution in [0.3, 0.4) is 0 Å². The fraction of sp³-hybridized carbons (Fsp3) is 0.625. The number of unbranched alkanes of at least 4 members (excludes halogenated alkanes) is 8. The molecule has 3 nitrogen and oxygen atoms in total. The topological polar surface area (TPSA) is 52.3 Å². The molecular weight excluding hydrogens is 334 g/mol. The fourth-order valence-corrected chi connectivity index (χ4v) is 3.52. The second-order valence-corrected chi connectivity index (χ2v) is 7.39. The maximum Gasteiger partial charge on any atom is 0.223 e. The maximum absolute atomic E-state index is 11.9. The maximum atomic E-state index is 11.9. The number of hydrogen-bond donors (Lipinski definition) is 1. The van der Waals surface area contributed by atoms with Gasteiger partial charge in [-0.1, -0.05) is 87.9 Å². The predicted octanol–water partition coefficient (Wildman–Crippen LogP) is 6.34. The smallest absolute Gasteiger partial charge is 0.223 e. The Morgan fingerprint density at radius 3 is 2.11 bits per heavy atom. The standard InChI is InChI=1S/C24H39NO2/c1-3-4-5-6-7-8-9-10-11-12-13-17-20-22(24(25)26)23(27-2)21-18-15-14-16-19-21/h8-9,14-16,18-19,22-23H,3-7,10-13,17,20H2,1-2H3,(H2,25,26). The molecule has 1 amide bonds. The molecule has 0 aliphatic heterocycles. The Morgan fingerprint density at radius 1 is 0.963 bits per heavy atom. The van der Waals surface area contributed by atoms with Gasteiger partial charge in [0.2, 0.25) is 5.91 Å². The Labute approximate surface area is 166 Å². The van der Waals surface area contributed by atoms with Gasteiger partial charge < -0.3 is 10.5 Å². The molecule has 2 N–H and O–H groups in total. The van der Waals surface area contributed by atoms with Gasteiger partial charge >= 0.3 is 0 Å². The summed E-state index contributed by atoms with van der Waals surface area (Å²) in [6.07, 6.45) is 17.5. The van der Waals surface area contributed by atoms with E-state index < -0.39 is 0 Å². The predicted molar refractivity (Wildman–Crippen MR) is 114 cm³/mol. The van der Waals surface area contributed by atoms with Crippen molar-refractivity contribution in [2.75, 3.05) is 7.11 Å². The number of nitrogens with two attached hydrogens (primary N) is 1. The van der Waals surface area contributed by atoms with Gasteiger partial charge in [0.25, 0.3) is 0 Å². The number of methoxy groups -OCH3 is 1. The second kappa shape index (κ2) is 15.4. The summed E-state index contributed by atoms with van der Waals surface area (Å²) >= 11 is 0. The highest BCUT2D eigenvalue weighted by Crippen LogP contribution is 2.29. The summed E-state index contributed by atoms with van der Waals surface area (Å²) in [6.45, 7) is 2.25. The number of rotatable bonds is 16. The first-order chi connectivity index (χ1) is 13.2. The minimum atomic E-state index is -0.267. The van der Waals surface area contributed by atoms with Crippen LogP contribution in [-0.2, 0) is 9.53 Å². The third-order valence-corrected chi connectivity index (χ3v) is 5.14. The van der Waals surface area contributed by atoms with E-state index in [1.165, 1.54) is 44.9 Å². The average Bonchev–Trinajstić information content (AvgIpc) is 2.68. The van der Waals surface area contributed by atoms with Crippen LogP contribution >= 0.6 is 0 Å². The van der Waals surface area contributed by atoms with Crippen LogP contribution < -0.4 is 5.73 Å². The number of carbonyl (C=O) groups is 1. The van der Waals surface area contributed by atoms with Gasteiger partial charge in [-0.05, 0) is 37.7 Å². The largest absolute Gasteiger partial charge is 0.376 e. The molecule has 2 atom stereocenters. The molecule has 0 aliphatic carbocycles. The first kappa shape index (κ1) is 23.4. The van der Waals surface area contributed by atoms with Gasteiger partial charge in [-0.15, -0.1) is 0 Å². The van der Waals surface area contributed by atoms with Crippen molar-refractivity contribution in [2.45, 2.75) is 83.7 Å². The molecule has 0 saturated carbocycles. The van der Waals surface area contributed by atoms with E-state index >= 15 is 0 Å². The van der Waals surface area contributed by atoms with Crippen LogP contribution in [0.15, 0.2) is 42.5 Å². The van der Waals surface area contributed by atoms with Crippen LogP contribution in [0.2, 0.25) is 0 Å². The van der Waals surface area contributed by atoms with E-state index in [0.29, 0.717) is 0 Å². The van der Waals surface area contributed by atoms with Crippen LogP contribution in [0.5, 0.6) is 0 Å². The fourth-order valence-electron chi connectivity index (χ4n) is 3.52. The quantitative estimate of drug-likeness (QED) is 0.271. The summed E-state index contributed by atoms with van der Waals surface area (Å²) in [5, 5.41) is 0. The van der Waals surface area contributed by atoms with Crippen molar-refractivity contribution in [3.63, 3.8) is 0 Å². The molecule has 0 aliphatic rings. The summed E-state index contributed by atoms with van der Waals surface area (Å²) in [5.41, 5.74) is 6.68. The zero-order valence-electron chi connectivity index (χ0n) is 17.4. The van der Waals surface area contributed by atoms with Crippen molar-refractivity contribution in [2.24, 2.45) is 11.7 Å². The molecule has 0 bridgehead atoms. The van der Waals surface area contributed by atoms with Crippen LogP contribution in [0.25, 0.3) is 0 Å². The zero-order valence-corrected chi connectivity index (χ0v) is 17.4. The van der Waals surface area contributed by atoms with Crippen molar-refractivity contribution in [1.29, 1.82) is 0 Å². The van der Waals surface area contributed by atoms with Gasteiger partial charge in [-0.3, -0.25) is 4.79 Å². The van der Waals surface area contributed by atoms with Gasteiger partial charge in [0.15, 0.2) is 0 Å². The molecule has 0 spiro atoms. The molecule has 1 rings (SSSR count). The first-order valence-corrected chi connectivity index (χ1v) is 10.7. The molecule has 0 aromatic heterocycles. The molecule has 27 heavy (non-hydrogen) atoms. The third-order valence-electron chi connectivity index (χ3n) is 5.14. The minimum absolute atomic E-state index is 0.251. The number of amides is 1. The number of allylic oxidation sites excluding steroid dienone is 2. The van der Waals surface area contributed by atoms with E-state index in [4.69, 9.17) is 10.5 Å². The van der Waals surface area contributed by atoms with Gasteiger partial charge in [0, 0.05) is 7.11 Å². The number of primary amides is 1.